The fourth-order valence-corrected chi connectivity index (χ4v) is 3.39. The van der Waals surface area contributed by atoms with Gasteiger partial charge < -0.3 is 9.84 Å². The third-order valence-corrected chi connectivity index (χ3v) is 5.88. The summed E-state index contributed by atoms with van der Waals surface area (Å²) in [5, 5.41) is 11.0. The number of hydrogen-bond donors (Lipinski definition) is 1. The van der Waals surface area contributed by atoms with Crippen molar-refractivity contribution >= 4 is 14.3 Å². The molecule has 1 atom stereocenters. The lowest BCUT2D eigenvalue weighted by Gasteiger charge is -2.16. The van der Waals surface area contributed by atoms with Crippen LogP contribution in [0, 0.1) is 6.92 Å². The maximum atomic E-state index is 12.7. The zero-order valence-electron chi connectivity index (χ0n) is 16.2. The summed E-state index contributed by atoms with van der Waals surface area (Å²) in [6.45, 7) is 9.16. The molecular weight excluding hydrogens is 354 g/mol. The molecule has 1 aliphatic heterocycles. The lowest BCUT2D eigenvalue weighted by Crippen LogP contribution is -2.40. The molecule has 0 spiro atoms. The Hall–Kier alpha value is -1.52. The van der Waals surface area contributed by atoms with Gasteiger partial charge >= 0.3 is 5.69 Å². The molecule has 1 unspecified atom stereocenters. The van der Waals surface area contributed by atoms with Crippen LogP contribution in [0.2, 0.25) is 25.7 Å². The number of likely N-dealkylation sites (N-methyl/N-ethyl adjacent to an activating group) is 1. The number of nitrogens with zero attached hydrogens (tertiary/aromatic N) is 3. The summed E-state index contributed by atoms with van der Waals surface area (Å²) in [7, 11) is 0.520. The number of aliphatic hydroxyl groups excluding tert-OH is 1. The van der Waals surface area contributed by atoms with Crippen LogP contribution in [0.15, 0.2) is 21.4 Å². The Morgan fingerprint density at radius 1 is 1.38 bits per heavy atom. The van der Waals surface area contributed by atoms with E-state index in [1.54, 1.807) is 25.2 Å². The summed E-state index contributed by atoms with van der Waals surface area (Å²) in [5.41, 5.74) is 0.396. The van der Waals surface area contributed by atoms with E-state index < -0.39 is 19.9 Å². The Bertz CT molecular complexity index is 778. The molecule has 1 aromatic rings. The van der Waals surface area contributed by atoms with E-state index in [0.717, 1.165) is 16.2 Å². The summed E-state index contributed by atoms with van der Waals surface area (Å²) in [4.78, 5) is 30.5. The number of ether oxygens (including phenoxy) is 1. The Kier molecular flexibility index (Phi) is 6.75. The van der Waals surface area contributed by atoms with Gasteiger partial charge in [-0.05, 0) is 18.5 Å². The highest BCUT2D eigenvalue weighted by atomic mass is 28.3. The molecule has 1 fully saturated rings. The summed E-state index contributed by atoms with van der Waals surface area (Å²) >= 11 is 0. The summed E-state index contributed by atoms with van der Waals surface area (Å²) < 4.78 is 8.05. The molecule has 9 heteroatoms. The van der Waals surface area contributed by atoms with Gasteiger partial charge in [0.25, 0.3) is 5.56 Å². The van der Waals surface area contributed by atoms with E-state index in [0.29, 0.717) is 18.7 Å². The second-order valence-corrected chi connectivity index (χ2v) is 13.5. The van der Waals surface area contributed by atoms with Crippen molar-refractivity contribution in [3.05, 3.63) is 38.2 Å². The molecule has 0 bridgehead atoms. The van der Waals surface area contributed by atoms with Gasteiger partial charge in [-0.25, -0.2) is 9.36 Å². The molecule has 0 radical (unpaired) electrons. The average Bonchev–Trinajstić information content (AvgIpc) is 2.90. The summed E-state index contributed by atoms with van der Waals surface area (Å²) in [6.07, 6.45) is 2.64. The molecule has 8 nitrogen and oxygen atoms in total. The van der Waals surface area contributed by atoms with Crippen LogP contribution in [0.4, 0.5) is 0 Å². The summed E-state index contributed by atoms with van der Waals surface area (Å²) in [6, 6.07) is 0.966. The molecule has 1 aliphatic rings. The standard InChI is InChI=1S/C17H29N3O5Si/c1-13-8-19(10-14-9-18(2)25-15(14)11-21)17(23)20(16(13)22)12-24-6-7-26(3,4)5/h8,10,15,21H,6-7,9,11-12H2,1-5H3/b14-10-. The van der Waals surface area contributed by atoms with Crippen LogP contribution in [0.3, 0.4) is 0 Å². The quantitative estimate of drug-likeness (QED) is 0.551. The highest BCUT2D eigenvalue weighted by Crippen LogP contribution is 2.18. The van der Waals surface area contributed by atoms with Crippen molar-refractivity contribution < 1.29 is 14.7 Å². The monoisotopic (exact) mass is 383 g/mol. The molecule has 1 aromatic heterocycles. The van der Waals surface area contributed by atoms with Crippen molar-refractivity contribution in [1.29, 1.82) is 0 Å². The minimum atomic E-state index is -1.24. The number of hydroxylamine groups is 2. The number of aliphatic hydroxyl groups is 1. The van der Waals surface area contributed by atoms with Crippen LogP contribution in [-0.4, -0.2) is 60.3 Å². The molecule has 0 amide bonds. The molecule has 0 aromatic carbocycles. The minimum Gasteiger partial charge on any atom is -0.393 e. The average molecular weight is 384 g/mol. The number of hydrogen-bond acceptors (Lipinski definition) is 6. The predicted octanol–water partition coefficient (Wildman–Crippen LogP) is 0.710. The van der Waals surface area contributed by atoms with Crippen LogP contribution in [-0.2, 0) is 16.3 Å². The summed E-state index contributed by atoms with van der Waals surface area (Å²) in [5.74, 6) is 0. The normalized spacial score (nSPS) is 20.2. The SMILES string of the molecule is Cc1cn(/C=C2/CN(C)OC2CO)c(=O)n(COCC[Si](C)(C)C)c1=O. The second-order valence-electron chi connectivity index (χ2n) is 7.85. The first-order chi connectivity index (χ1) is 12.1. The lowest BCUT2D eigenvalue weighted by atomic mass is 10.2. The van der Waals surface area contributed by atoms with Crippen molar-refractivity contribution in [2.24, 2.45) is 0 Å². The van der Waals surface area contributed by atoms with E-state index in [4.69, 9.17) is 9.57 Å². The highest BCUT2D eigenvalue weighted by molar-refractivity contribution is 6.76. The second kappa shape index (κ2) is 8.44. The molecular formula is C17H29N3O5Si. The Morgan fingerprint density at radius 3 is 2.69 bits per heavy atom. The van der Waals surface area contributed by atoms with Gasteiger partial charge in [-0.1, -0.05) is 19.6 Å². The van der Waals surface area contributed by atoms with Gasteiger partial charge in [-0.15, -0.1) is 0 Å². The molecule has 146 valence electrons. The Labute approximate surface area is 154 Å². The van der Waals surface area contributed by atoms with E-state index in [1.165, 1.54) is 10.8 Å². The Balaban J connectivity index is 2.26. The predicted molar refractivity (Wildman–Crippen MR) is 103 cm³/mol. The molecule has 2 rings (SSSR count). The highest BCUT2D eigenvalue weighted by Gasteiger charge is 2.26. The van der Waals surface area contributed by atoms with Crippen molar-refractivity contribution in [3.63, 3.8) is 0 Å². The van der Waals surface area contributed by atoms with Gasteiger partial charge in [0.15, 0.2) is 0 Å². The molecule has 0 saturated carbocycles. The van der Waals surface area contributed by atoms with Crippen LogP contribution >= 0.6 is 0 Å². The molecule has 1 N–H and O–H groups in total. The zero-order chi connectivity index (χ0) is 19.5. The third kappa shape index (κ3) is 5.24. The van der Waals surface area contributed by atoms with Gasteiger partial charge in [0, 0.05) is 46.2 Å². The number of aryl methyl sites for hydroxylation is 1. The molecule has 0 aliphatic carbocycles. The van der Waals surface area contributed by atoms with Crippen molar-refractivity contribution in [2.45, 2.75) is 45.4 Å². The smallest absolute Gasteiger partial charge is 0.337 e. The van der Waals surface area contributed by atoms with Crippen molar-refractivity contribution in [1.82, 2.24) is 14.2 Å². The van der Waals surface area contributed by atoms with Crippen LogP contribution in [0.25, 0.3) is 6.20 Å². The van der Waals surface area contributed by atoms with E-state index >= 15 is 0 Å². The van der Waals surface area contributed by atoms with Gasteiger partial charge in [-0.3, -0.25) is 14.2 Å². The molecule has 26 heavy (non-hydrogen) atoms. The zero-order valence-corrected chi connectivity index (χ0v) is 17.2. The van der Waals surface area contributed by atoms with E-state index in [2.05, 4.69) is 19.6 Å². The molecule has 1 saturated heterocycles. The fourth-order valence-electron chi connectivity index (χ4n) is 2.63. The first-order valence-electron chi connectivity index (χ1n) is 8.72. The first-order valence-corrected chi connectivity index (χ1v) is 12.4. The molecule has 2 heterocycles. The fraction of sp³-hybridized carbons (Fsp3) is 0.647. The maximum absolute atomic E-state index is 12.7. The van der Waals surface area contributed by atoms with E-state index in [-0.39, 0.29) is 18.9 Å². The topological polar surface area (TPSA) is 85.9 Å². The van der Waals surface area contributed by atoms with Gasteiger partial charge in [0.2, 0.25) is 0 Å². The van der Waals surface area contributed by atoms with Gasteiger partial charge in [0.05, 0.1) is 6.61 Å². The van der Waals surface area contributed by atoms with Crippen LogP contribution in [0.5, 0.6) is 0 Å². The van der Waals surface area contributed by atoms with Gasteiger partial charge in [-0.2, -0.15) is 5.06 Å². The van der Waals surface area contributed by atoms with Crippen molar-refractivity contribution in [3.8, 4) is 0 Å². The van der Waals surface area contributed by atoms with Crippen LogP contribution in [0.1, 0.15) is 5.56 Å². The van der Waals surface area contributed by atoms with E-state index in [1.807, 2.05) is 0 Å². The van der Waals surface area contributed by atoms with Crippen molar-refractivity contribution in [2.75, 3.05) is 26.8 Å². The minimum absolute atomic E-state index is 0.0627. The maximum Gasteiger partial charge on any atom is 0.337 e. The Morgan fingerprint density at radius 2 is 2.08 bits per heavy atom. The number of rotatable bonds is 7. The number of aromatic nitrogens is 2. The van der Waals surface area contributed by atoms with Gasteiger partial charge in [0.1, 0.15) is 12.8 Å². The first kappa shape index (κ1) is 20.8. The van der Waals surface area contributed by atoms with E-state index in [9.17, 15) is 14.7 Å². The lowest BCUT2D eigenvalue weighted by molar-refractivity contribution is -0.134. The van der Waals surface area contributed by atoms with Crippen LogP contribution < -0.4 is 11.2 Å². The largest absolute Gasteiger partial charge is 0.393 e. The third-order valence-electron chi connectivity index (χ3n) is 4.18.